The Morgan fingerprint density at radius 3 is 2.83 bits per heavy atom. The third-order valence-electron chi connectivity index (χ3n) is 1.43. The van der Waals surface area contributed by atoms with Crippen LogP contribution < -0.4 is 0 Å². The minimum Gasteiger partial charge on any atom is -0.469 e. The van der Waals surface area contributed by atoms with E-state index in [2.05, 4.69) is 14.8 Å². The van der Waals surface area contributed by atoms with Crippen molar-refractivity contribution in [2.24, 2.45) is 5.11 Å². The second-order valence-electron chi connectivity index (χ2n) is 2.34. The van der Waals surface area contributed by atoms with E-state index < -0.39 is 0 Å². The van der Waals surface area contributed by atoms with Crippen LogP contribution in [0.2, 0.25) is 0 Å². The summed E-state index contributed by atoms with van der Waals surface area (Å²) in [6, 6.07) is 0. The first-order valence-electron chi connectivity index (χ1n) is 3.89. The maximum Gasteiger partial charge on any atom is 0.305 e. The first-order chi connectivity index (χ1) is 5.81. The van der Waals surface area contributed by atoms with Gasteiger partial charge in [0.15, 0.2) is 0 Å². The minimum atomic E-state index is -0.182. The molecule has 0 unspecified atom stereocenters. The summed E-state index contributed by atoms with van der Waals surface area (Å²) in [5, 5.41) is 3.37. The van der Waals surface area contributed by atoms with Crippen molar-refractivity contribution in [1.82, 2.24) is 0 Å². The fourth-order valence-electron chi connectivity index (χ4n) is 0.775. The average Bonchev–Trinajstić information content (AvgIpc) is 2.10. The predicted octanol–water partition coefficient (Wildman–Crippen LogP) is 2.03. The molecule has 0 amide bonds. The summed E-state index contributed by atoms with van der Waals surface area (Å²) >= 11 is 0. The van der Waals surface area contributed by atoms with Crippen LogP contribution in [0.15, 0.2) is 5.11 Å². The van der Waals surface area contributed by atoms with Crippen molar-refractivity contribution >= 4 is 5.97 Å². The largest absolute Gasteiger partial charge is 0.469 e. The lowest BCUT2D eigenvalue weighted by Crippen LogP contribution is -1.99. The Labute approximate surface area is 71.3 Å². The number of methoxy groups -OCH3 is 1. The number of hydrogen-bond acceptors (Lipinski definition) is 3. The lowest BCUT2D eigenvalue weighted by Gasteiger charge is -1.97. The summed E-state index contributed by atoms with van der Waals surface area (Å²) in [6.45, 7) is 0.512. The fourth-order valence-corrected chi connectivity index (χ4v) is 0.775. The topological polar surface area (TPSA) is 75.1 Å². The molecule has 0 spiro atoms. The molecule has 0 fully saturated rings. The van der Waals surface area contributed by atoms with Gasteiger partial charge in [0.05, 0.1) is 7.11 Å². The van der Waals surface area contributed by atoms with Gasteiger partial charge in [0.1, 0.15) is 0 Å². The molecule has 0 atom stereocenters. The van der Waals surface area contributed by atoms with E-state index in [9.17, 15) is 4.79 Å². The molecular weight excluding hydrogens is 158 g/mol. The average molecular weight is 171 g/mol. The highest BCUT2D eigenvalue weighted by atomic mass is 16.5. The predicted molar refractivity (Wildman–Crippen MR) is 44.5 cm³/mol. The van der Waals surface area contributed by atoms with Gasteiger partial charge < -0.3 is 4.74 Å². The number of azide groups is 1. The molecule has 0 saturated carbocycles. The van der Waals surface area contributed by atoms with Crippen LogP contribution in [0.3, 0.4) is 0 Å². The minimum absolute atomic E-state index is 0.182. The number of carbonyl (C=O) groups excluding carboxylic acids is 1. The van der Waals surface area contributed by atoms with E-state index in [1.54, 1.807) is 0 Å². The number of rotatable bonds is 6. The van der Waals surface area contributed by atoms with Crippen LogP contribution in [-0.4, -0.2) is 19.6 Å². The van der Waals surface area contributed by atoms with Crippen molar-refractivity contribution in [3.05, 3.63) is 10.4 Å². The summed E-state index contributed by atoms with van der Waals surface area (Å²) in [4.78, 5) is 13.2. The van der Waals surface area contributed by atoms with Gasteiger partial charge >= 0.3 is 5.97 Å². The molecule has 0 rings (SSSR count). The van der Waals surface area contributed by atoms with Crippen molar-refractivity contribution in [3.63, 3.8) is 0 Å². The van der Waals surface area contributed by atoms with E-state index in [1.165, 1.54) is 7.11 Å². The molecule has 0 aromatic heterocycles. The van der Waals surface area contributed by atoms with Crippen LogP contribution in [0.4, 0.5) is 0 Å². The monoisotopic (exact) mass is 171 g/mol. The number of unbranched alkanes of at least 4 members (excludes halogenated alkanes) is 2. The maximum absolute atomic E-state index is 10.6. The van der Waals surface area contributed by atoms with Gasteiger partial charge in [-0.05, 0) is 18.4 Å². The number of ether oxygens (including phenoxy) is 1. The van der Waals surface area contributed by atoms with Gasteiger partial charge in [-0.1, -0.05) is 11.5 Å². The van der Waals surface area contributed by atoms with E-state index in [4.69, 9.17) is 5.53 Å². The molecule has 0 aromatic rings. The molecule has 68 valence electrons. The molecule has 0 heterocycles. The summed E-state index contributed by atoms with van der Waals surface area (Å²) in [5.41, 5.74) is 7.93. The summed E-state index contributed by atoms with van der Waals surface area (Å²) < 4.78 is 4.46. The first-order valence-corrected chi connectivity index (χ1v) is 3.89. The Hall–Kier alpha value is -1.22. The number of esters is 1. The third-order valence-corrected chi connectivity index (χ3v) is 1.43. The molecule has 0 aliphatic heterocycles. The van der Waals surface area contributed by atoms with Gasteiger partial charge in [0.2, 0.25) is 0 Å². The van der Waals surface area contributed by atoms with Crippen LogP contribution >= 0.6 is 0 Å². The van der Waals surface area contributed by atoms with Gasteiger partial charge in [-0.25, -0.2) is 0 Å². The molecule has 0 aromatic carbocycles. The van der Waals surface area contributed by atoms with E-state index >= 15 is 0 Å². The van der Waals surface area contributed by atoms with Crippen molar-refractivity contribution in [2.75, 3.05) is 13.7 Å². The Balaban J connectivity index is 3.10. The zero-order valence-corrected chi connectivity index (χ0v) is 7.19. The van der Waals surface area contributed by atoms with E-state index in [1.807, 2.05) is 0 Å². The van der Waals surface area contributed by atoms with Crippen LogP contribution in [0.5, 0.6) is 0 Å². The lowest BCUT2D eigenvalue weighted by molar-refractivity contribution is -0.140. The van der Waals surface area contributed by atoms with Crippen LogP contribution in [-0.2, 0) is 9.53 Å². The van der Waals surface area contributed by atoms with E-state index in [0.29, 0.717) is 13.0 Å². The zero-order chi connectivity index (χ0) is 9.23. The first kappa shape index (κ1) is 10.8. The van der Waals surface area contributed by atoms with Gasteiger partial charge in [-0.3, -0.25) is 4.79 Å². The highest BCUT2D eigenvalue weighted by molar-refractivity contribution is 5.68. The third kappa shape index (κ3) is 6.89. The smallest absolute Gasteiger partial charge is 0.305 e. The van der Waals surface area contributed by atoms with Gasteiger partial charge in [0.25, 0.3) is 0 Å². The normalized spacial score (nSPS) is 8.75. The van der Waals surface area contributed by atoms with Crippen LogP contribution in [0.25, 0.3) is 10.4 Å². The second-order valence-corrected chi connectivity index (χ2v) is 2.34. The Bertz CT molecular complexity index is 175. The van der Waals surface area contributed by atoms with Crippen molar-refractivity contribution in [1.29, 1.82) is 0 Å². The summed E-state index contributed by atoms with van der Waals surface area (Å²) in [7, 11) is 1.38. The SMILES string of the molecule is COC(=O)CCCCCN=[N+]=[N-]. The zero-order valence-electron chi connectivity index (χ0n) is 7.19. The molecule has 5 heteroatoms. The number of nitrogens with zero attached hydrogens (tertiary/aromatic N) is 3. The van der Waals surface area contributed by atoms with Gasteiger partial charge in [-0.2, -0.15) is 0 Å². The van der Waals surface area contributed by atoms with Crippen molar-refractivity contribution < 1.29 is 9.53 Å². The molecule has 0 aliphatic carbocycles. The molecule has 12 heavy (non-hydrogen) atoms. The number of carbonyl (C=O) groups is 1. The van der Waals surface area contributed by atoms with E-state index in [-0.39, 0.29) is 5.97 Å². The van der Waals surface area contributed by atoms with E-state index in [0.717, 1.165) is 19.3 Å². The molecule has 0 saturated heterocycles. The highest BCUT2D eigenvalue weighted by Crippen LogP contribution is 2.00. The fraction of sp³-hybridized carbons (Fsp3) is 0.857. The molecule has 0 radical (unpaired) electrons. The van der Waals surface area contributed by atoms with Gasteiger partial charge in [-0.15, -0.1) is 0 Å². The molecule has 0 bridgehead atoms. The lowest BCUT2D eigenvalue weighted by atomic mass is 10.2. The molecule has 0 aliphatic rings. The van der Waals surface area contributed by atoms with Crippen LogP contribution in [0.1, 0.15) is 25.7 Å². The quantitative estimate of drug-likeness (QED) is 0.201. The van der Waals surface area contributed by atoms with Crippen LogP contribution in [0, 0.1) is 0 Å². The summed E-state index contributed by atoms with van der Waals surface area (Å²) in [5.74, 6) is -0.182. The second kappa shape index (κ2) is 7.88. The Morgan fingerprint density at radius 1 is 1.50 bits per heavy atom. The molecular formula is C7H13N3O2. The highest BCUT2D eigenvalue weighted by Gasteiger charge is 1.97. The molecule has 5 nitrogen and oxygen atoms in total. The van der Waals surface area contributed by atoms with Gasteiger partial charge in [0, 0.05) is 17.9 Å². The molecule has 0 N–H and O–H groups in total. The Morgan fingerprint density at radius 2 is 2.25 bits per heavy atom. The number of hydrogen-bond donors (Lipinski definition) is 0. The summed E-state index contributed by atoms with van der Waals surface area (Å²) in [6.07, 6.45) is 2.98. The standard InChI is InChI=1S/C7H13N3O2/c1-12-7(11)5-3-2-4-6-9-10-8/h2-6H2,1H3. The van der Waals surface area contributed by atoms with Crippen molar-refractivity contribution in [2.45, 2.75) is 25.7 Å². The maximum atomic E-state index is 10.6. The Kier molecular flexibility index (Phi) is 7.08. The van der Waals surface area contributed by atoms with Crippen molar-refractivity contribution in [3.8, 4) is 0 Å².